The zero-order valence-electron chi connectivity index (χ0n) is 8.51. The summed E-state index contributed by atoms with van der Waals surface area (Å²) in [7, 11) is 0. The highest BCUT2D eigenvalue weighted by molar-refractivity contribution is 4.46. The van der Waals surface area contributed by atoms with Crippen molar-refractivity contribution in [2.45, 2.75) is 52.7 Å². The van der Waals surface area contributed by atoms with Crippen molar-refractivity contribution in [1.29, 1.82) is 0 Å². The van der Waals surface area contributed by atoms with Crippen molar-refractivity contribution in [3.8, 4) is 0 Å². The largest absolute Gasteiger partial charge is 0.349 e. The van der Waals surface area contributed by atoms with Crippen LogP contribution in [0.5, 0.6) is 0 Å². The van der Waals surface area contributed by atoms with Crippen LogP contribution in [-0.2, 0) is 9.84 Å². The average molecular weight is 173 g/mol. The van der Waals surface area contributed by atoms with Crippen molar-refractivity contribution in [3.63, 3.8) is 0 Å². The molecular weight excluding hydrogens is 152 g/mol. The Hall–Kier alpha value is -0.0800. The first-order valence-corrected chi connectivity index (χ1v) is 4.94. The minimum absolute atomic E-state index is 0.465. The van der Waals surface area contributed by atoms with E-state index in [0.717, 1.165) is 19.3 Å². The molecule has 0 aromatic heterocycles. The summed E-state index contributed by atoms with van der Waals surface area (Å²) < 4.78 is 5.09. The average Bonchev–Trinajstić information content (AvgIpc) is 2.01. The van der Waals surface area contributed by atoms with Crippen LogP contribution in [0.2, 0.25) is 0 Å². The Morgan fingerprint density at radius 1 is 1.25 bits per heavy atom. The molecule has 0 heterocycles. The molecule has 0 aromatic carbocycles. The Balaban J connectivity index is 3.15. The number of hydrogen-bond acceptors (Lipinski definition) is 1. The molecule has 2 nitrogen and oxygen atoms in total. The number of hydrogen-bond donors (Lipinski definition) is 0. The van der Waals surface area contributed by atoms with E-state index in [2.05, 4.69) is 20.8 Å². The van der Waals surface area contributed by atoms with Crippen molar-refractivity contribution < 1.29 is 9.84 Å². The van der Waals surface area contributed by atoms with Gasteiger partial charge in [-0.1, -0.05) is 33.6 Å². The summed E-state index contributed by atoms with van der Waals surface area (Å²) in [5.41, 5.74) is 0. The molecule has 0 spiro atoms. The maximum Gasteiger partial charge on any atom is 0.191 e. The van der Waals surface area contributed by atoms with E-state index in [0.29, 0.717) is 18.9 Å². The van der Waals surface area contributed by atoms with E-state index in [9.17, 15) is 5.11 Å². The molecule has 0 amide bonds. The Bertz CT molecular complexity index is 91.8. The molecule has 0 saturated heterocycles. The lowest BCUT2D eigenvalue weighted by Crippen LogP contribution is -2.13. The van der Waals surface area contributed by atoms with E-state index in [-0.39, 0.29) is 0 Å². The molecular formula is C10H21O2. The summed E-state index contributed by atoms with van der Waals surface area (Å²) in [5.74, 6) is 0.465. The summed E-state index contributed by atoms with van der Waals surface area (Å²) in [6.45, 7) is 6.84. The van der Waals surface area contributed by atoms with Gasteiger partial charge in [0.25, 0.3) is 0 Å². The maximum absolute atomic E-state index is 11.1. The highest BCUT2D eigenvalue weighted by Crippen LogP contribution is 2.06. The predicted octanol–water partition coefficient (Wildman–Crippen LogP) is 3.00. The van der Waals surface area contributed by atoms with Crippen LogP contribution in [0.3, 0.4) is 0 Å². The lowest BCUT2D eigenvalue weighted by molar-refractivity contribution is -0.150. The quantitative estimate of drug-likeness (QED) is 0.430. The lowest BCUT2D eigenvalue weighted by Gasteiger charge is -2.11. The Morgan fingerprint density at radius 2 is 1.92 bits per heavy atom. The van der Waals surface area contributed by atoms with Crippen molar-refractivity contribution in [3.05, 3.63) is 0 Å². The van der Waals surface area contributed by atoms with Gasteiger partial charge in [0.2, 0.25) is 0 Å². The Labute approximate surface area is 75.9 Å². The van der Waals surface area contributed by atoms with Crippen LogP contribution < -0.4 is 0 Å². The molecule has 1 atom stereocenters. The van der Waals surface area contributed by atoms with Crippen LogP contribution in [0.15, 0.2) is 0 Å². The molecule has 0 aromatic rings. The van der Waals surface area contributed by atoms with Gasteiger partial charge in [-0.15, -0.1) is 0 Å². The predicted molar refractivity (Wildman–Crippen MR) is 49.4 cm³/mol. The van der Waals surface area contributed by atoms with Crippen LogP contribution in [0.1, 0.15) is 46.5 Å². The van der Waals surface area contributed by atoms with Gasteiger partial charge < -0.3 is 4.74 Å². The second-order valence-corrected chi connectivity index (χ2v) is 3.65. The van der Waals surface area contributed by atoms with Gasteiger partial charge in [0.1, 0.15) is 0 Å². The number of unbranched alkanes of at least 4 members (excludes halogenated alkanes) is 2. The molecule has 1 radical (unpaired) electrons. The van der Waals surface area contributed by atoms with E-state index in [4.69, 9.17) is 4.74 Å². The first-order chi connectivity index (χ1) is 5.66. The van der Waals surface area contributed by atoms with E-state index < -0.39 is 6.29 Å². The van der Waals surface area contributed by atoms with Gasteiger partial charge in [-0.25, -0.2) is 5.11 Å². The first-order valence-electron chi connectivity index (χ1n) is 4.94. The van der Waals surface area contributed by atoms with Gasteiger partial charge in [0.05, 0.1) is 6.61 Å². The van der Waals surface area contributed by atoms with Gasteiger partial charge in [0, 0.05) is 6.42 Å². The van der Waals surface area contributed by atoms with Crippen LogP contribution in [0.25, 0.3) is 0 Å². The van der Waals surface area contributed by atoms with Gasteiger partial charge in [-0.3, -0.25) is 0 Å². The molecule has 0 rings (SSSR count). The minimum atomic E-state index is -0.793. The van der Waals surface area contributed by atoms with Crippen LogP contribution in [0.4, 0.5) is 0 Å². The van der Waals surface area contributed by atoms with Gasteiger partial charge in [-0.05, 0) is 12.3 Å². The van der Waals surface area contributed by atoms with Gasteiger partial charge >= 0.3 is 0 Å². The third-order valence-corrected chi connectivity index (χ3v) is 1.66. The number of rotatable bonds is 7. The third kappa shape index (κ3) is 8.02. The maximum atomic E-state index is 11.1. The first kappa shape index (κ1) is 11.9. The summed E-state index contributed by atoms with van der Waals surface area (Å²) >= 11 is 0. The molecule has 0 aliphatic carbocycles. The summed E-state index contributed by atoms with van der Waals surface area (Å²) in [4.78, 5) is 0. The standard InChI is InChI=1S/C10H21O2/c1-4-5-6-7-10(11)12-8-9(2)3/h9-10H,4-8H2,1-3H3. The zero-order valence-corrected chi connectivity index (χ0v) is 8.51. The molecule has 0 aliphatic rings. The molecule has 73 valence electrons. The fourth-order valence-corrected chi connectivity index (χ4v) is 0.944. The molecule has 0 aliphatic heterocycles. The smallest absolute Gasteiger partial charge is 0.191 e. The summed E-state index contributed by atoms with van der Waals surface area (Å²) in [6, 6.07) is 0. The highest BCUT2D eigenvalue weighted by atomic mass is 16.6. The molecule has 0 N–H and O–H groups in total. The van der Waals surface area contributed by atoms with E-state index in [1.54, 1.807) is 0 Å². The SMILES string of the molecule is CCCCCC([O])OCC(C)C. The fourth-order valence-electron chi connectivity index (χ4n) is 0.944. The van der Waals surface area contributed by atoms with Crippen molar-refractivity contribution in [2.75, 3.05) is 6.61 Å². The Kier molecular flexibility index (Phi) is 7.51. The molecule has 0 fully saturated rings. The van der Waals surface area contributed by atoms with Crippen molar-refractivity contribution in [1.82, 2.24) is 0 Å². The fraction of sp³-hybridized carbons (Fsp3) is 1.00. The van der Waals surface area contributed by atoms with Crippen molar-refractivity contribution in [2.24, 2.45) is 5.92 Å². The minimum Gasteiger partial charge on any atom is -0.349 e. The molecule has 1 unspecified atom stereocenters. The van der Waals surface area contributed by atoms with Crippen LogP contribution in [-0.4, -0.2) is 12.9 Å². The molecule has 0 bridgehead atoms. The summed E-state index contributed by atoms with van der Waals surface area (Å²) in [6.07, 6.45) is 3.18. The van der Waals surface area contributed by atoms with Crippen molar-refractivity contribution >= 4 is 0 Å². The highest BCUT2D eigenvalue weighted by Gasteiger charge is 2.05. The number of ether oxygens (including phenoxy) is 1. The van der Waals surface area contributed by atoms with Crippen LogP contribution in [0, 0.1) is 5.92 Å². The van der Waals surface area contributed by atoms with Crippen LogP contribution >= 0.6 is 0 Å². The second kappa shape index (κ2) is 7.56. The molecule has 0 saturated carbocycles. The Morgan fingerprint density at radius 3 is 2.42 bits per heavy atom. The van der Waals surface area contributed by atoms with Gasteiger partial charge in [-0.2, -0.15) is 0 Å². The third-order valence-electron chi connectivity index (χ3n) is 1.66. The summed E-state index contributed by atoms with van der Waals surface area (Å²) in [5, 5.41) is 11.1. The monoisotopic (exact) mass is 173 g/mol. The van der Waals surface area contributed by atoms with E-state index in [1.807, 2.05) is 0 Å². The van der Waals surface area contributed by atoms with Gasteiger partial charge in [0.15, 0.2) is 6.29 Å². The van der Waals surface area contributed by atoms with E-state index >= 15 is 0 Å². The lowest BCUT2D eigenvalue weighted by atomic mass is 10.2. The second-order valence-electron chi connectivity index (χ2n) is 3.65. The molecule has 12 heavy (non-hydrogen) atoms. The molecule has 2 heteroatoms. The van der Waals surface area contributed by atoms with E-state index in [1.165, 1.54) is 0 Å². The zero-order chi connectivity index (χ0) is 9.40. The normalized spacial score (nSPS) is 13.8. The topological polar surface area (TPSA) is 29.1 Å².